The van der Waals surface area contributed by atoms with Gasteiger partial charge in [-0.2, -0.15) is 0 Å². The average Bonchev–Trinajstić information content (AvgIpc) is 2.45. The highest BCUT2D eigenvalue weighted by atomic mass is 32.1. The average molecular weight is 224 g/mol. The van der Waals surface area contributed by atoms with E-state index >= 15 is 0 Å². The lowest BCUT2D eigenvalue weighted by molar-refractivity contribution is 0.636. The molecule has 0 radical (unpaired) electrons. The zero-order chi connectivity index (χ0) is 11.4. The first-order valence-electron chi connectivity index (χ1n) is 5.40. The molecule has 0 aromatic carbocycles. The first kappa shape index (κ1) is 12.4. The Hall–Kier alpha value is -0.670. The van der Waals surface area contributed by atoms with Crippen LogP contribution >= 0.6 is 11.3 Å². The molecule has 3 heteroatoms. The van der Waals surface area contributed by atoms with E-state index in [9.17, 15) is 0 Å². The van der Waals surface area contributed by atoms with Crippen molar-refractivity contribution in [2.24, 2.45) is 0 Å². The second kappa shape index (κ2) is 5.42. The molecular formula is C12H20N2S. The summed E-state index contributed by atoms with van der Waals surface area (Å²) in [6.07, 6.45) is 2.24. The molecule has 15 heavy (non-hydrogen) atoms. The third kappa shape index (κ3) is 3.43. The maximum atomic E-state index is 4.42. The molecule has 1 aromatic heterocycles. The lowest BCUT2D eigenvalue weighted by atomic mass is 10.1. The van der Waals surface area contributed by atoms with Crippen LogP contribution in [0.1, 0.15) is 36.3 Å². The van der Waals surface area contributed by atoms with Gasteiger partial charge in [0.1, 0.15) is 0 Å². The van der Waals surface area contributed by atoms with Crippen LogP contribution in [0, 0.1) is 13.8 Å². The fourth-order valence-electron chi connectivity index (χ4n) is 1.48. The summed E-state index contributed by atoms with van der Waals surface area (Å²) >= 11 is 1.76. The molecule has 0 saturated heterocycles. The lowest BCUT2D eigenvalue weighted by Crippen LogP contribution is -2.26. The standard InChI is InChI=1S/C12H20N2S/c1-6-13-9(3)8(2)7-12-10(4)14-11(5)15-12/h7,9,13H,6H2,1-5H3. The second-order valence-corrected chi connectivity index (χ2v) is 5.09. The minimum Gasteiger partial charge on any atom is -0.311 e. The van der Waals surface area contributed by atoms with E-state index in [1.165, 1.54) is 10.5 Å². The van der Waals surface area contributed by atoms with Crippen molar-refractivity contribution in [1.29, 1.82) is 0 Å². The molecular weight excluding hydrogens is 204 g/mol. The molecule has 0 aliphatic carbocycles. The summed E-state index contributed by atoms with van der Waals surface area (Å²) in [5.41, 5.74) is 2.50. The van der Waals surface area contributed by atoms with Crippen LogP contribution in [-0.2, 0) is 0 Å². The van der Waals surface area contributed by atoms with Crippen LogP contribution in [0.2, 0.25) is 0 Å². The molecule has 0 spiro atoms. The van der Waals surface area contributed by atoms with Gasteiger partial charge in [-0.05, 0) is 40.3 Å². The SMILES string of the molecule is CCNC(C)C(C)=Cc1sc(C)nc1C. The number of hydrogen-bond acceptors (Lipinski definition) is 3. The fraction of sp³-hybridized carbons (Fsp3) is 0.583. The number of aryl methyl sites for hydroxylation is 2. The number of hydrogen-bond donors (Lipinski definition) is 1. The summed E-state index contributed by atoms with van der Waals surface area (Å²) in [6, 6.07) is 0.441. The van der Waals surface area contributed by atoms with E-state index in [4.69, 9.17) is 0 Å². The van der Waals surface area contributed by atoms with E-state index in [1.807, 2.05) is 0 Å². The van der Waals surface area contributed by atoms with E-state index in [1.54, 1.807) is 11.3 Å². The Morgan fingerprint density at radius 1 is 1.53 bits per heavy atom. The zero-order valence-electron chi connectivity index (χ0n) is 10.2. The van der Waals surface area contributed by atoms with Crippen molar-refractivity contribution in [3.8, 4) is 0 Å². The van der Waals surface area contributed by atoms with Crippen LogP contribution in [0.15, 0.2) is 5.57 Å². The van der Waals surface area contributed by atoms with Gasteiger partial charge in [0.05, 0.1) is 15.6 Å². The molecule has 84 valence electrons. The van der Waals surface area contributed by atoms with Crippen molar-refractivity contribution in [3.63, 3.8) is 0 Å². The first-order valence-corrected chi connectivity index (χ1v) is 6.21. The largest absolute Gasteiger partial charge is 0.311 e. The summed E-state index contributed by atoms with van der Waals surface area (Å²) in [5, 5.41) is 4.55. The van der Waals surface area contributed by atoms with Gasteiger partial charge in [-0.1, -0.05) is 12.5 Å². The van der Waals surface area contributed by atoms with E-state index in [2.05, 4.69) is 51.0 Å². The van der Waals surface area contributed by atoms with E-state index < -0.39 is 0 Å². The maximum absolute atomic E-state index is 4.42. The third-order valence-corrected chi connectivity index (χ3v) is 3.51. The highest BCUT2D eigenvalue weighted by Gasteiger charge is 2.05. The second-order valence-electron chi connectivity index (χ2n) is 3.85. The Balaban J connectivity index is 2.82. The summed E-state index contributed by atoms with van der Waals surface area (Å²) < 4.78 is 0. The summed E-state index contributed by atoms with van der Waals surface area (Å²) in [5.74, 6) is 0. The van der Waals surface area contributed by atoms with Gasteiger partial charge in [-0.15, -0.1) is 11.3 Å². The van der Waals surface area contributed by atoms with E-state index in [-0.39, 0.29) is 0 Å². The van der Waals surface area contributed by atoms with Gasteiger partial charge in [-0.3, -0.25) is 0 Å². The smallest absolute Gasteiger partial charge is 0.0903 e. The summed E-state index contributed by atoms with van der Waals surface area (Å²) in [7, 11) is 0. The molecule has 0 fully saturated rings. The Bertz CT molecular complexity index is 353. The molecule has 2 nitrogen and oxygen atoms in total. The van der Waals surface area contributed by atoms with Crippen molar-refractivity contribution in [2.45, 2.75) is 40.7 Å². The Labute approximate surface area is 96.4 Å². The van der Waals surface area contributed by atoms with Crippen LogP contribution < -0.4 is 5.32 Å². The molecule has 1 unspecified atom stereocenters. The topological polar surface area (TPSA) is 24.9 Å². The molecule has 1 rings (SSSR count). The number of rotatable bonds is 4. The van der Waals surface area contributed by atoms with Crippen molar-refractivity contribution < 1.29 is 0 Å². The summed E-state index contributed by atoms with van der Waals surface area (Å²) in [6.45, 7) is 11.6. The predicted molar refractivity (Wildman–Crippen MR) is 68.4 cm³/mol. The minimum atomic E-state index is 0.441. The van der Waals surface area contributed by atoms with Crippen LogP contribution in [-0.4, -0.2) is 17.6 Å². The van der Waals surface area contributed by atoms with Gasteiger partial charge >= 0.3 is 0 Å². The Kier molecular flexibility index (Phi) is 4.48. The number of likely N-dealkylation sites (N-methyl/N-ethyl adjacent to an activating group) is 1. The highest BCUT2D eigenvalue weighted by Crippen LogP contribution is 2.21. The quantitative estimate of drug-likeness (QED) is 0.849. The number of nitrogens with zero attached hydrogens (tertiary/aromatic N) is 1. The van der Waals surface area contributed by atoms with Gasteiger partial charge in [0.2, 0.25) is 0 Å². The van der Waals surface area contributed by atoms with Crippen molar-refractivity contribution >= 4 is 17.4 Å². The molecule has 0 bridgehead atoms. The van der Waals surface area contributed by atoms with Crippen molar-refractivity contribution in [2.75, 3.05) is 6.54 Å². The van der Waals surface area contributed by atoms with Crippen LogP contribution in [0.5, 0.6) is 0 Å². The van der Waals surface area contributed by atoms with Gasteiger partial charge in [0, 0.05) is 6.04 Å². The first-order chi connectivity index (χ1) is 7.04. The van der Waals surface area contributed by atoms with Crippen LogP contribution in [0.3, 0.4) is 0 Å². The summed E-state index contributed by atoms with van der Waals surface area (Å²) in [4.78, 5) is 5.71. The molecule has 1 N–H and O–H groups in total. The molecule has 0 aliphatic heterocycles. The highest BCUT2D eigenvalue weighted by molar-refractivity contribution is 7.12. The maximum Gasteiger partial charge on any atom is 0.0903 e. The molecule has 1 atom stereocenters. The number of thiazole rings is 1. The molecule has 0 aliphatic rings. The normalized spacial score (nSPS) is 14.3. The molecule has 0 saturated carbocycles. The van der Waals surface area contributed by atoms with Crippen molar-refractivity contribution in [1.82, 2.24) is 10.3 Å². The minimum absolute atomic E-state index is 0.441. The Morgan fingerprint density at radius 2 is 2.20 bits per heavy atom. The molecule has 1 heterocycles. The van der Waals surface area contributed by atoms with Gasteiger partial charge in [-0.25, -0.2) is 4.98 Å². The number of nitrogens with one attached hydrogen (secondary N) is 1. The van der Waals surface area contributed by atoms with Gasteiger partial charge < -0.3 is 5.32 Å². The van der Waals surface area contributed by atoms with E-state index in [0.29, 0.717) is 6.04 Å². The van der Waals surface area contributed by atoms with Crippen LogP contribution in [0.25, 0.3) is 6.08 Å². The van der Waals surface area contributed by atoms with Gasteiger partial charge in [0.25, 0.3) is 0 Å². The molecule has 1 aromatic rings. The molecule has 0 amide bonds. The van der Waals surface area contributed by atoms with Crippen molar-refractivity contribution in [3.05, 3.63) is 21.2 Å². The number of aromatic nitrogens is 1. The fourth-order valence-corrected chi connectivity index (χ4v) is 2.42. The lowest BCUT2D eigenvalue weighted by Gasteiger charge is -2.12. The zero-order valence-corrected chi connectivity index (χ0v) is 11.0. The predicted octanol–water partition coefficient (Wildman–Crippen LogP) is 3.16. The van der Waals surface area contributed by atoms with Gasteiger partial charge in [0.15, 0.2) is 0 Å². The van der Waals surface area contributed by atoms with E-state index in [0.717, 1.165) is 17.2 Å². The monoisotopic (exact) mass is 224 g/mol. The third-order valence-electron chi connectivity index (χ3n) is 2.49. The Morgan fingerprint density at radius 3 is 2.67 bits per heavy atom. The van der Waals surface area contributed by atoms with Crippen LogP contribution in [0.4, 0.5) is 0 Å².